The van der Waals surface area contributed by atoms with Gasteiger partial charge in [0.1, 0.15) is 5.82 Å². The number of halogens is 4. The van der Waals surface area contributed by atoms with Gasteiger partial charge >= 0.3 is 0 Å². The van der Waals surface area contributed by atoms with Crippen LogP contribution in [0.5, 0.6) is 0 Å². The lowest BCUT2D eigenvalue weighted by molar-refractivity contribution is 0.612. The van der Waals surface area contributed by atoms with E-state index in [2.05, 4.69) is 28.0 Å². The molecule has 0 aliphatic heterocycles. The second kappa shape index (κ2) is 6.37. The fourth-order valence-electron chi connectivity index (χ4n) is 1.82. The van der Waals surface area contributed by atoms with Crippen molar-refractivity contribution >= 4 is 45.8 Å². The predicted molar refractivity (Wildman–Crippen MR) is 84.7 cm³/mol. The Kier molecular flexibility index (Phi) is 5.03. The summed E-state index contributed by atoms with van der Waals surface area (Å²) in [6, 6.07) is 9.32. The van der Waals surface area contributed by atoms with E-state index < -0.39 is 0 Å². The zero-order chi connectivity index (χ0) is 14.0. The minimum Gasteiger partial charge on any atom is -0.271 e. The van der Waals surface area contributed by atoms with Crippen molar-refractivity contribution in [1.29, 1.82) is 0 Å². The molecular weight excluding hydrogens is 401 g/mol. The van der Waals surface area contributed by atoms with Gasteiger partial charge in [-0.2, -0.15) is 0 Å². The van der Waals surface area contributed by atoms with Gasteiger partial charge in [0.15, 0.2) is 0 Å². The van der Waals surface area contributed by atoms with Crippen molar-refractivity contribution < 1.29 is 4.39 Å². The van der Waals surface area contributed by atoms with Gasteiger partial charge < -0.3 is 0 Å². The molecule has 0 aromatic heterocycles. The quantitative estimate of drug-likeness (QED) is 0.450. The minimum atomic E-state index is -0.348. The number of nitrogens with one attached hydrogen (secondary N) is 1. The molecule has 1 atom stereocenters. The first kappa shape index (κ1) is 15.0. The molecular formula is C13H10Cl2FIN2. The summed E-state index contributed by atoms with van der Waals surface area (Å²) in [6.45, 7) is 0. The van der Waals surface area contributed by atoms with Gasteiger partial charge in [-0.3, -0.25) is 5.84 Å². The highest BCUT2D eigenvalue weighted by molar-refractivity contribution is 14.1. The topological polar surface area (TPSA) is 38.0 Å². The van der Waals surface area contributed by atoms with Crippen molar-refractivity contribution in [2.24, 2.45) is 5.84 Å². The fraction of sp³-hybridized carbons (Fsp3) is 0.0769. The average Bonchev–Trinajstić information content (AvgIpc) is 2.36. The molecule has 19 heavy (non-hydrogen) atoms. The summed E-state index contributed by atoms with van der Waals surface area (Å²) >= 11 is 14.2. The number of rotatable bonds is 3. The summed E-state index contributed by atoms with van der Waals surface area (Å²) in [5, 5.41) is 1.12. The van der Waals surface area contributed by atoms with Crippen LogP contribution in [-0.4, -0.2) is 0 Å². The van der Waals surface area contributed by atoms with Crippen LogP contribution >= 0.6 is 45.8 Å². The second-order valence-corrected chi connectivity index (χ2v) is 5.94. The maximum Gasteiger partial charge on any atom is 0.124 e. The molecule has 0 saturated carbocycles. The number of benzene rings is 2. The van der Waals surface area contributed by atoms with Gasteiger partial charge in [-0.15, -0.1) is 0 Å². The van der Waals surface area contributed by atoms with Crippen molar-refractivity contribution in [2.45, 2.75) is 6.04 Å². The molecule has 0 amide bonds. The molecule has 6 heteroatoms. The molecule has 0 bridgehead atoms. The Labute approximate surface area is 134 Å². The molecule has 0 aliphatic rings. The molecule has 100 valence electrons. The number of nitrogens with two attached hydrogens (primary N) is 1. The monoisotopic (exact) mass is 410 g/mol. The number of hydrogen-bond acceptors (Lipinski definition) is 2. The molecule has 2 aromatic carbocycles. The zero-order valence-electron chi connectivity index (χ0n) is 9.63. The number of hydrazine groups is 1. The van der Waals surface area contributed by atoms with Gasteiger partial charge in [-0.05, 0) is 64.0 Å². The van der Waals surface area contributed by atoms with Crippen LogP contribution in [0.4, 0.5) is 4.39 Å². The van der Waals surface area contributed by atoms with Crippen LogP contribution in [-0.2, 0) is 0 Å². The fourth-order valence-corrected chi connectivity index (χ4v) is 3.01. The lowest BCUT2D eigenvalue weighted by Gasteiger charge is -2.20. The van der Waals surface area contributed by atoms with Crippen molar-refractivity contribution in [2.75, 3.05) is 0 Å². The highest BCUT2D eigenvalue weighted by Crippen LogP contribution is 2.32. The third kappa shape index (κ3) is 3.38. The first-order valence-corrected chi connectivity index (χ1v) is 7.22. The molecule has 0 aliphatic carbocycles. The Bertz CT molecular complexity index is 607. The van der Waals surface area contributed by atoms with Crippen molar-refractivity contribution in [3.05, 3.63) is 67.0 Å². The van der Waals surface area contributed by atoms with Crippen molar-refractivity contribution in [3.63, 3.8) is 0 Å². The Hall–Kier alpha value is -0.400. The second-order valence-electron chi connectivity index (χ2n) is 3.93. The standard InChI is InChI=1S/C13H10Cl2FIN2/c14-7-1-4-11(15)10(5-7)13(19-18)9-3-2-8(16)6-12(9)17/h1-6,13,19H,18H2. The summed E-state index contributed by atoms with van der Waals surface area (Å²) in [5.41, 5.74) is 4.29. The summed E-state index contributed by atoms with van der Waals surface area (Å²) in [4.78, 5) is 0. The van der Waals surface area contributed by atoms with E-state index in [1.54, 1.807) is 24.3 Å². The zero-order valence-corrected chi connectivity index (χ0v) is 13.3. The number of hydrogen-bond donors (Lipinski definition) is 2. The van der Waals surface area contributed by atoms with Gasteiger partial charge in [0.25, 0.3) is 0 Å². The van der Waals surface area contributed by atoms with Crippen LogP contribution < -0.4 is 11.3 Å². The molecule has 2 aromatic rings. The van der Waals surface area contributed by atoms with E-state index in [0.717, 1.165) is 14.7 Å². The van der Waals surface area contributed by atoms with E-state index in [1.807, 2.05) is 0 Å². The third-order valence-electron chi connectivity index (χ3n) is 2.71. The van der Waals surface area contributed by atoms with Crippen LogP contribution in [0.2, 0.25) is 10.0 Å². The maximum atomic E-state index is 13.2. The lowest BCUT2D eigenvalue weighted by Crippen LogP contribution is -2.29. The third-order valence-corrected chi connectivity index (χ3v) is 4.22. The first-order valence-electron chi connectivity index (χ1n) is 5.39. The highest BCUT2D eigenvalue weighted by atomic mass is 127. The molecule has 0 saturated heterocycles. The predicted octanol–water partition coefficient (Wildman–Crippen LogP) is 4.29. The molecule has 0 spiro atoms. The summed E-state index contributed by atoms with van der Waals surface area (Å²) in [6.07, 6.45) is 0. The van der Waals surface area contributed by atoms with Crippen LogP contribution in [0.3, 0.4) is 0 Å². The molecule has 2 rings (SSSR count). The van der Waals surface area contributed by atoms with Crippen LogP contribution in [0.1, 0.15) is 17.2 Å². The van der Waals surface area contributed by atoms with E-state index in [-0.39, 0.29) is 11.9 Å². The van der Waals surface area contributed by atoms with Crippen molar-refractivity contribution in [1.82, 2.24) is 5.43 Å². The van der Waals surface area contributed by atoms with E-state index >= 15 is 0 Å². The van der Waals surface area contributed by atoms with Gasteiger partial charge in [-0.1, -0.05) is 29.3 Å². The van der Waals surface area contributed by atoms with E-state index in [9.17, 15) is 4.39 Å². The van der Waals surface area contributed by atoms with Gasteiger partial charge in [-0.25, -0.2) is 9.82 Å². The molecule has 1 unspecified atom stereocenters. The molecule has 2 nitrogen and oxygen atoms in total. The molecule has 0 radical (unpaired) electrons. The smallest absolute Gasteiger partial charge is 0.124 e. The van der Waals surface area contributed by atoms with E-state index in [4.69, 9.17) is 29.0 Å². The molecule has 3 N–H and O–H groups in total. The normalized spacial score (nSPS) is 12.5. The van der Waals surface area contributed by atoms with E-state index in [0.29, 0.717) is 10.0 Å². The minimum absolute atomic E-state index is 0.291. The Morgan fingerprint density at radius 1 is 1.11 bits per heavy atom. The van der Waals surface area contributed by atoms with Crippen molar-refractivity contribution in [3.8, 4) is 0 Å². The van der Waals surface area contributed by atoms with Gasteiger partial charge in [0.05, 0.1) is 6.04 Å². The SMILES string of the molecule is NNC(c1cc(Cl)ccc1Cl)c1ccc(F)cc1I. The maximum absolute atomic E-state index is 13.2. The molecule has 0 heterocycles. The first-order chi connectivity index (χ1) is 9.02. The lowest BCUT2D eigenvalue weighted by atomic mass is 9.99. The Morgan fingerprint density at radius 3 is 2.47 bits per heavy atom. The van der Waals surface area contributed by atoms with Crippen LogP contribution in [0.15, 0.2) is 36.4 Å². The summed E-state index contributed by atoms with van der Waals surface area (Å²) < 4.78 is 13.9. The Morgan fingerprint density at radius 2 is 1.84 bits per heavy atom. The molecule has 0 fully saturated rings. The largest absolute Gasteiger partial charge is 0.271 e. The van der Waals surface area contributed by atoms with Gasteiger partial charge in [0.2, 0.25) is 0 Å². The summed E-state index contributed by atoms with van der Waals surface area (Å²) in [5.74, 6) is 5.32. The van der Waals surface area contributed by atoms with Crippen LogP contribution in [0, 0.1) is 9.39 Å². The summed E-state index contributed by atoms with van der Waals surface area (Å²) in [7, 11) is 0. The average molecular weight is 411 g/mol. The van der Waals surface area contributed by atoms with Crippen LogP contribution in [0.25, 0.3) is 0 Å². The highest BCUT2D eigenvalue weighted by Gasteiger charge is 2.18. The van der Waals surface area contributed by atoms with E-state index in [1.165, 1.54) is 12.1 Å². The Balaban J connectivity index is 2.52. The van der Waals surface area contributed by atoms with Gasteiger partial charge in [0, 0.05) is 13.6 Å².